The predicted octanol–water partition coefficient (Wildman–Crippen LogP) is 6.48. The molecule has 5 aromatic rings. The van der Waals surface area contributed by atoms with E-state index in [4.69, 9.17) is 9.47 Å². The zero-order chi connectivity index (χ0) is 41.8. The molecule has 12 heteroatoms. The Kier molecular flexibility index (Phi) is 13.6. The standard InChI is InChI=1S/C48H48N4O8/c53-26-25-52(29-32-13-3-1-4-14-32)44(54)28-35-17-5-2-6-22-42(51-48(58)60-30-41-39-20-11-9-18-37(39)38-19-10-12-21-40(38)41)47(57)59-31-43(50-45(35)55)46(56)49-36-24-23-33-15-7-8-16-34(33)27-36/h1-5,7-16,18-21,23-24,27,35,41-43,53H,6,17,22,25-26,28-31H2,(H,49,56)(H,50,55)(H,51,58)/t35-,42+,43+/m1/s1. The molecule has 1 aliphatic carbocycles. The van der Waals surface area contributed by atoms with Crippen molar-refractivity contribution < 1.29 is 38.6 Å². The highest BCUT2D eigenvalue weighted by Gasteiger charge is 2.33. The van der Waals surface area contributed by atoms with E-state index in [1.165, 1.54) is 4.90 Å². The molecule has 3 atom stereocenters. The summed E-state index contributed by atoms with van der Waals surface area (Å²) in [5.41, 5.74) is 5.59. The molecule has 0 radical (unpaired) electrons. The minimum absolute atomic E-state index is 0.0474. The van der Waals surface area contributed by atoms with Crippen LogP contribution in [0.4, 0.5) is 10.5 Å². The van der Waals surface area contributed by atoms with Crippen molar-refractivity contribution in [2.75, 3.05) is 31.7 Å². The van der Waals surface area contributed by atoms with Crippen molar-refractivity contribution in [3.63, 3.8) is 0 Å². The fourth-order valence-electron chi connectivity index (χ4n) is 7.75. The van der Waals surface area contributed by atoms with Crippen LogP contribution in [-0.4, -0.2) is 78.2 Å². The lowest BCUT2D eigenvalue weighted by Gasteiger charge is -2.26. The van der Waals surface area contributed by atoms with Gasteiger partial charge in [-0.25, -0.2) is 9.59 Å². The third kappa shape index (κ3) is 10.3. The Hall–Kier alpha value is -6.79. The summed E-state index contributed by atoms with van der Waals surface area (Å²) >= 11 is 0. The molecule has 0 aromatic heterocycles. The number of cyclic esters (lactones) is 1. The van der Waals surface area contributed by atoms with Gasteiger partial charge in [-0.3, -0.25) is 14.4 Å². The number of allylic oxidation sites excluding steroid dienone is 2. The first-order valence-electron chi connectivity index (χ1n) is 20.2. The van der Waals surface area contributed by atoms with Crippen molar-refractivity contribution in [2.24, 2.45) is 5.92 Å². The molecule has 60 heavy (non-hydrogen) atoms. The number of carbonyl (C=O) groups is 5. The fraction of sp³-hybridized carbons (Fsp3) is 0.271. The molecule has 0 bridgehead atoms. The van der Waals surface area contributed by atoms with Gasteiger partial charge in [-0.05, 0) is 70.0 Å². The number of hydrogen-bond acceptors (Lipinski definition) is 8. The number of nitrogens with one attached hydrogen (secondary N) is 3. The number of ether oxygens (including phenoxy) is 2. The number of nitrogens with zero attached hydrogens (tertiary/aromatic N) is 1. The molecule has 0 unspecified atom stereocenters. The zero-order valence-corrected chi connectivity index (χ0v) is 33.1. The molecule has 1 heterocycles. The van der Waals surface area contributed by atoms with Gasteiger partial charge < -0.3 is 35.4 Å². The van der Waals surface area contributed by atoms with E-state index in [0.717, 1.165) is 38.6 Å². The van der Waals surface area contributed by atoms with Crippen LogP contribution < -0.4 is 16.0 Å². The van der Waals surface area contributed by atoms with E-state index in [1.54, 1.807) is 24.3 Å². The number of carbonyl (C=O) groups excluding carboxylic acids is 5. The summed E-state index contributed by atoms with van der Waals surface area (Å²) in [5, 5.41) is 19.9. The lowest BCUT2D eigenvalue weighted by molar-refractivity contribution is -0.148. The molecule has 0 saturated heterocycles. The normalized spacial score (nSPS) is 18.1. The van der Waals surface area contributed by atoms with Gasteiger partial charge >= 0.3 is 12.1 Å². The summed E-state index contributed by atoms with van der Waals surface area (Å²) < 4.78 is 11.4. The first kappa shape index (κ1) is 41.4. The lowest BCUT2D eigenvalue weighted by atomic mass is 9.97. The number of hydrogen-bond donors (Lipinski definition) is 4. The van der Waals surface area contributed by atoms with Crippen LogP contribution in [0, 0.1) is 5.92 Å². The summed E-state index contributed by atoms with van der Waals surface area (Å²) in [6, 6.07) is 35.8. The third-order valence-corrected chi connectivity index (χ3v) is 10.9. The van der Waals surface area contributed by atoms with Crippen molar-refractivity contribution in [2.45, 2.75) is 50.2 Å². The average molecular weight is 809 g/mol. The molecule has 1 aliphatic heterocycles. The van der Waals surface area contributed by atoms with E-state index in [0.29, 0.717) is 12.1 Å². The minimum Gasteiger partial charge on any atom is -0.461 e. The first-order valence-corrected chi connectivity index (χ1v) is 20.2. The number of amides is 4. The van der Waals surface area contributed by atoms with Gasteiger partial charge in [0.05, 0.1) is 12.5 Å². The SMILES string of the molecule is O=C(N[C@H]1CCC=CC[C@H](CC(=O)N(CCO)Cc2ccccc2)C(=O)N[C@H](C(=O)Nc2ccc3ccccc3c2)COC1=O)OCC1c2ccccc2-c2ccccc21. The van der Waals surface area contributed by atoms with E-state index < -0.39 is 48.5 Å². The van der Waals surface area contributed by atoms with Gasteiger partial charge in [0.15, 0.2) is 0 Å². The topological polar surface area (TPSA) is 163 Å². The molecule has 12 nitrogen and oxygen atoms in total. The number of anilines is 1. The van der Waals surface area contributed by atoms with E-state index in [2.05, 4.69) is 16.0 Å². The number of esters is 1. The highest BCUT2D eigenvalue weighted by molar-refractivity contribution is 6.00. The molecule has 308 valence electrons. The minimum atomic E-state index is -1.36. The predicted molar refractivity (Wildman–Crippen MR) is 228 cm³/mol. The summed E-state index contributed by atoms with van der Waals surface area (Å²) in [5.74, 6) is -3.46. The molecule has 7 rings (SSSR count). The average Bonchev–Trinajstić information content (AvgIpc) is 3.59. The van der Waals surface area contributed by atoms with Gasteiger partial charge in [-0.15, -0.1) is 0 Å². The highest BCUT2D eigenvalue weighted by Crippen LogP contribution is 2.44. The van der Waals surface area contributed by atoms with Gasteiger partial charge in [0, 0.05) is 31.1 Å². The molecule has 2 aliphatic rings. The Morgan fingerprint density at radius 2 is 1.50 bits per heavy atom. The highest BCUT2D eigenvalue weighted by atomic mass is 16.6. The maximum absolute atomic E-state index is 14.0. The first-order chi connectivity index (χ1) is 29.3. The second-order valence-electron chi connectivity index (χ2n) is 15.0. The number of benzene rings is 5. The smallest absolute Gasteiger partial charge is 0.407 e. The number of rotatable bonds is 11. The van der Waals surface area contributed by atoms with Crippen molar-refractivity contribution in [1.29, 1.82) is 0 Å². The van der Waals surface area contributed by atoms with Crippen LogP contribution in [0.3, 0.4) is 0 Å². The Balaban J connectivity index is 1.07. The van der Waals surface area contributed by atoms with Gasteiger partial charge in [0.25, 0.3) is 5.91 Å². The second kappa shape index (κ2) is 19.8. The van der Waals surface area contributed by atoms with Crippen LogP contribution in [-0.2, 0) is 35.2 Å². The Morgan fingerprint density at radius 3 is 2.23 bits per heavy atom. The van der Waals surface area contributed by atoms with Gasteiger partial charge in [0.1, 0.15) is 25.3 Å². The zero-order valence-electron chi connectivity index (χ0n) is 33.1. The lowest BCUT2D eigenvalue weighted by Crippen LogP contribution is -2.50. The molecular weight excluding hydrogens is 761 g/mol. The van der Waals surface area contributed by atoms with E-state index >= 15 is 0 Å². The molecule has 5 aromatic carbocycles. The van der Waals surface area contributed by atoms with Crippen molar-refractivity contribution in [1.82, 2.24) is 15.5 Å². The van der Waals surface area contributed by atoms with Crippen LogP contribution in [0.25, 0.3) is 21.9 Å². The summed E-state index contributed by atoms with van der Waals surface area (Å²) in [6.07, 6.45) is 3.14. The number of aliphatic hydroxyl groups is 1. The summed E-state index contributed by atoms with van der Waals surface area (Å²) in [6.45, 7) is -0.446. The maximum atomic E-state index is 14.0. The molecule has 0 spiro atoms. The van der Waals surface area contributed by atoms with Crippen LogP contribution in [0.15, 0.2) is 133 Å². The summed E-state index contributed by atoms with van der Waals surface area (Å²) in [4.78, 5) is 70.1. The van der Waals surface area contributed by atoms with E-state index in [-0.39, 0.29) is 57.4 Å². The Bertz CT molecular complexity index is 2320. The largest absolute Gasteiger partial charge is 0.461 e. The Labute approximate surface area is 348 Å². The fourth-order valence-corrected chi connectivity index (χ4v) is 7.75. The van der Waals surface area contributed by atoms with Crippen molar-refractivity contribution >= 4 is 46.2 Å². The molecular formula is C48H48N4O8. The Morgan fingerprint density at radius 1 is 0.817 bits per heavy atom. The monoisotopic (exact) mass is 808 g/mol. The van der Waals surface area contributed by atoms with Crippen LogP contribution >= 0.6 is 0 Å². The van der Waals surface area contributed by atoms with Gasteiger partial charge in [0.2, 0.25) is 11.8 Å². The van der Waals surface area contributed by atoms with E-state index in [9.17, 15) is 29.1 Å². The van der Waals surface area contributed by atoms with Crippen molar-refractivity contribution in [3.8, 4) is 11.1 Å². The summed E-state index contributed by atoms with van der Waals surface area (Å²) in [7, 11) is 0. The van der Waals surface area contributed by atoms with Crippen LogP contribution in [0.2, 0.25) is 0 Å². The number of fused-ring (bicyclic) bond motifs is 4. The molecule has 0 fully saturated rings. The maximum Gasteiger partial charge on any atom is 0.407 e. The quantitative estimate of drug-likeness (QED) is 0.0871. The molecule has 4 amide bonds. The van der Waals surface area contributed by atoms with Crippen LogP contribution in [0.5, 0.6) is 0 Å². The number of alkyl carbamates (subject to hydrolysis) is 1. The third-order valence-electron chi connectivity index (χ3n) is 10.9. The van der Waals surface area contributed by atoms with Gasteiger partial charge in [-0.2, -0.15) is 0 Å². The molecule has 4 N–H and O–H groups in total. The number of aliphatic hydroxyl groups excluding tert-OH is 1. The van der Waals surface area contributed by atoms with E-state index in [1.807, 2.05) is 109 Å². The van der Waals surface area contributed by atoms with Crippen molar-refractivity contribution in [3.05, 3.63) is 150 Å². The van der Waals surface area contributed by atoms with Crippen LogP contribution in [0.1, 0.15) is 48.3 Å². The van der Waals surface area contributed by atoms with Gasteiger partial charge in [-0.1, -0.05) is 121 Å². The molecule has 0 saturated carbocycles. The second-order valence-corrected chi connectivity index (χ2v) is 15.0.